The lowest BCUT2D eigenvalue weighted by atomic mass is 10.1. The number of hydrogen-bond acceptors (Lipinski definition) is 5. The van der Waals surface area contributed by atoms with E-state index < -0.39 is 5.97 Å². The normalized spacial score (nSPS) is 10.6. The number of carboxylic acids is 1. The van der Waals surface area contributed by atoms with Gasteiger partial charge < -0.3 is 10.0 Å². The third-order valence-electron chi connectivity index (χ3n) is 4.36. The molecule has 1 aromatic carbocycles. The van der Waals surface area contributed by atoms with Crippen LogP contribution in [0.3, 0.4) is 0 Å². The molecule has 2 rings (SSSR count). The fourth-order valence-electron chi connectivity index (χ4n) is 2.92. The van der Waals surface area contributed by atoms with E-state index in [1.54, 1.807) is 0 Å². The average Bonchev–Trinajstić information content (AvgIpc) is 2.64. The molecule has 0 spiro atoms. The number of amides is 1. The van der Waals surface area contributed by atoms with Crippen molar-refractivity contribution < 1.29 is 14.7 Å². The van der Waals surface area contributed by atoms with Gasteiger partial charge in [-0.3, -0.25) is 9.59 Å². The highest BCUT2D eigenvalue weighted by molar-refractivity contribution is 7.98. The van der Waals surface area contributed by atoms with Gasteiger partial charge in [0.25, 0.3) is 0 Å². The number of nitrogens with zero attached hydrogens (tertiary/aromatic N) is 3. The molecule has 1 aromatic heterocycles. The number of carboxylic acid groups (broad SMARTS) is 1. The number of aromatic nitrogens is 2. The highest BCUT2D eigenvalue weighted by atomic mass is 32.2. The molecule has 144 valence electrons. The summed E-state index contributed by atoms with van der Waals surface area (Å²) in [6.45, 7) is 3.93. The fourth-order valence-corrected chi connectivity index (χ4v) is 3.37. The first-order valence-electron chi connectivity index (χ1n) is 8.82. The van der Waals surface area contributed by atoms with Gasteiger partial charge in [0.2, 0.25) is 5.91 Å². The number of rotatable bonds is 9. The van der Waals surface area contributed by atoms with E-state index in [2.05, 4.69) is 9.97 Å². The van der Waals surface area contributed by atoms with E-state index in [0.717, 1.165) is 27.7 Å². The van der Waals surface area contributed by atoms with E-state index >= 15 is 0 Å². The summed E-state index contributed by atoms with van der Waals surface area (Å²) in [7, 11) is 0. The Morgan fingerprint density at radius 2 is 1.70 bits per heavy atom. The molecule has 0 aliphatic carbocycles. The second kappa shape index (κ2) is 10.1. The van der Waals surface area contributed by atoms with Crippen LogP contribution in [0.25, 0.3) is 0 Å². The topological polar surface area (TPSA) is 83.4 Å². The smallest absolute Gasteiger partial charge is 0.323 e. The zero-order chi connectivity index (χ0) is 19.8. The summed E-state index contributed by atoms with van der Waals surface area (Å²) in [5.41, 5.74) is 3.77. The van der Waals surface area contributed by atoms with E-state index in [-0.39, 0.29) is 18.9 Å². The summed E-state index contributed by atoms with van der Waals surface area (Å²) in [6.07, 6.45) is 3.30. The summed E-state index contributed by atoms with van der Waals surface area (Å²) >= 11 is 1.48. The highest BCUT2D eigenvalue weighted by Gasteiger charge is 2.18. The molecule has 0 bridgehead atoms. The van der Waals surface area contributed by atoms with Gasteiger partial charge in [0, 0.05) is 24.4 Å². The van der Waals surface area contributed by atoms with Crippen LogP contribution in [-0.4, -0.2) is 51.2 Å². The Kier molecular flexibility index (Phi) is 7.79. The van der Waals surface area contributed by atoms with Gasteiger partial charge in [-0.1, -0.05) is 42.1 Å². The van der Waals surface area contributed by atoms with Crippen LogP contribution in [0.15, 0.2) is 35.5 Å². The number of hydrogen-bond donors (Lipinski definition) is 1. The largest absolute Gasteiger partial charge is 0.480 e. The molecule has 1 heterocycles. The third kappa shape index (κ3) is 6.36. The SMILES string of the molecule is CSc1nc(C)c(CCC(=O)N(CCc2ccccc2)CC(=O)O)c(C)n1. The minimum Gasteiger partial charge on any atom is -0.480 e. The van der Waals surface area contributed by atoms with E-state index in [1.807, 2.05) is 50.4 Å². The molecule has 1 amide bonds. The molecule has 0 saturated carbocycles. The van der Waals surface area contributed by atoms with Crippen LogP contribution in [0, 0.1) is 13.8 Å². The van der Waals surface area contributed by atoms with Crippen molar-refractivity contribution in [2.45, 2.75) is 38.3 Å². The Balaban J connectivity index is 2.02. The van der Waals surface area contributed by atoms with Crippen LogP contribution < -0.4 is 0 Å². The van der Waals surface area contributed by atoms with Crippen molar-refractivity contribution in [2.24, 2.45) is 0 Å². The lowest BCUT2D eigenvalue weighted by Gasteiger charge is -2.21. The van der Waals surface area contributed by atoms with E-state index in [4.69, 9.17) is 5.11 Å². The second-order valence-electron chi connectivity index (χ2n) is 6.30. The predicted molar refractivity (Wildman–Crippen MR) is 106 cm³/mol. The Bertz CT molecular complexity index is 773. The van der Waals surface area contributed by atoms with E-state index in [1.165, 1.54) is 16.7 Å². The first kappa shape index (κ1) is 20.9. The number of aryl methyl sites for hydroxylation is 2. The maximum absolute atomic E-state index is 12.6. The van der Waals surface area contributed by atoms with E-state index in [0.29, 0.717) is 19.4 Å². The van der Waals surface area contributed by atoms with Crippen molar-refractivity contribution in [1.82, 2.24) is 14.9 Å². The Morgan fingerprint density at radius 1 is 1.07 bits per heavy atom. The molecule has 0 aliphatic rings. The monoisotopic (exact) mass is 387 g/mol. The maximum atomic E-state index is 12.6. The van der Waals surface area contributed by atoms with Gasteiger partial charge in [0.1, 0.15) is 6.54 Å². The van der Waals surface area contributed by atoms with Crippen LogP contribution in [0.4, 0.5) is 0 Å². The summed E-state index contributed by atoms with van der Waals surface area (Å²) in [4.78, 5) is 34.1. The van der Waals surface area contributed by atoms with Crippen molar-refractivity contribution in [1.29, 1.82) is 0 Å². The van der Waals surface area contributed by atoms with Crippen LogP contribution in [0.2, 0.25) is 0 Å². The van der Waals surface area contributed by atoms with Gasteiger partial charge in [-0.15, -0.1) is 0 Å². The molecule has 0 aliphatic heterocycles. The average molecular weight is 388 g/mol. The van der Waals surface area contributed by atoms with Crippen LogP contribution in [0.5, 0.6) is 0 Å². The number of carbonyl (C=O) groups excluding carboxylic acids is 1. The molecule has 2 aromatic rings. The quantitative estimate of drug-likeness (QED) is 0.526. The number of carbonyl (C=O) groups is 2. The molecule has 27 heavy (non-hydrogen) atoms. The van der Waals surface area contributed by atoms with Gasteiger partial charge >= 0.3 is 5.97 Å². The van der Waals surface area contributed by atoms with Gasteiger partial charge in [0.05, 0.1) is 0 Å². The van der Waals surface area contributed by atoms with Gasteiger partial charge in [-0.05, 0) is 44.1 Å². The van der Waals surface area contributed by atoms with Gasteiger partial charge in [-0.25, -0.2) is 9.97 Å². The number of benzene rings is 1. The Labute approximate surface area is 164 Å². The molecule has 1 N–H and O–H groups in total. The molecule has 0 unspecified atom stereocenters. The van der Waals surface area contributed by atoms with E-state index in [9.17, 15) is 9.59 Å². The molecule has 6 nitrogen and oxygen atoms in total. The molecule has 0 saturated heterocycles. The van der Waals surface area contributed by atoms with Crippen molar-refractivity contribution in [2.75, 3.05) is 19.3 Å². The zero-order valence-corrected chi connectivity index (χ0v) is 16.8. The summed E-state index contributed by atoms with van der Waals surface area (Å²) in [5.74, 6) is -1.17. The lowest BCUT2D eigenvalue weighted by molar-refractivity contribution is -0.144. The molecular weight excluding hydrogens is 362 g/mol. The van der Waals surface area contributed by atoms with Crippen molar-refractivity contribution in [3.05, 3.63) is 52.8 Å². The van der Waals surface area contributed by atoms with Crippen LogP contribution in [-0.2, 0) is 22.4 Å². The Hall–Kier alpha value is -2.41. The minimum atomic E-state index is -1.00. The minimum absolute atomic E-state index is 0.166. The van der Waals surface area contributed by atoms with Gasteiger partial charge in [0.15, 0.2) is 5.16 Å². The predicted octanol–water partition coefficient (Wildman–Crippen LogP) is 2.90. The maximum Gasteiger partial charge on any atom is 0.323 e. The second-order valence-corrected chi connectivity index (χ2v) is 7.08. The Morgan fingerprint density at radius 3 is 2.26 bits per heavy atom. The lowest BCUT2D eigenvalue weighted by Crippen LogP contribution is -2.37. The summed E-state index contributed by atoms with van der Waals surface area (Å²) in [5, 5.41) is 9.86. The number of thioether (sulfide) groups is 1. The number of aliphatic carboxylic acids is 1. The fraction of sp³-hybridized carbons (Fsp3) is 0.400. The van der Waals surface area contributed by atoms with Gasteiger partial charge in [-0.2, -0.15) is 0 Å². The molecule has 0 fully saturated rings. The van der Waals surface area contributed by atoms with Crippen molar-refractivity contribution >= 4 is 23.6 Å². The summed E-state index contributed by atoms with van der Waals surface area (Å²) < 4.78 is 0. The summed E-state index contributed by atoms with van der Waals surface area (Å²) in [6, 6.07) is 9.74. The zero-order valence-electron chi connectivity index (χ0n) is 15.9. The van der Waals surface area contributed by atoms with Crippen LogP contribution >= 0.6 is 11.8 Å². The molecular formula is C20H25N3O3S. The van der Waals surface area contributed by atoms with Crippen molar-refractivity contribution in [3.8, 4) is 0 Å². The van der Waals surface area contributed by atoms with Crippen LogP contribution in [0.1, 0.15) is 28.9 Å². The molecule has 0 atom stereocenters. The first-order chi connectivity index (χ1) is 12.9. The standard InChI is InChI=1S/C20H25N3O3S/c1-14-17(15(2)22-20(21-14)27-3)9-10-18(24)23(13-19(25)26)12-11-16-7-5-4-6-8-16/h4-8H,9-13H2,1-3H3,(H,25,26). The highest BCUT2D eigenvalue weighted by Crippen LogP contribution is 2.17. The molecule has 7 heteroatoms. The third-order valence-corrected chi connectivity index (χ3v) is 4.91. The first-order valence-corrected chi connectivity index (χ1v) is 10.0. The van der Waals surface area contributed by atoms with Crippen molar-refractivity contribution in [3.63, 3.8) is 0 Å². The molecule has 0 radical (unpaired) electrons.